The van der Waals surface area contributed by atoms with Crippen LogP contribution in [-0.4, -0.2) is 9.55 Å². The van der Waals surface area contributed by atoms with E-state index in [0.717, 1.165) is 12.1 Å². The van der Waals surface area contributed by atoms with Gasteiger partial charge in [-0.15, -0.1) is 0 Å². The highest BCUT2D eigenvalue weighted by Crippen LogP contribution is 2.15. The van der Waals surface area contributed by atoms with Gasteiger partial charge in [0.1, 0.15) is 11.0 Å². The summed E-state index contributed by atoms with van der Waals surface area (Å²) in [6.45, 7) is 3.87. The predicted octanol–water partition coefficient (Wildman–Crippen LogP) is 3.35. The summed E-state index contributed by atoms with van der Waals surface area (Å²) < 4.78 is 27.5. The molecular weight excluding hydrogens is 286 g/mol. The summed E-state index contributed by atoms with van der Waals surface area (Å²) in [6, 6.07) is 4.74. The summed E-state index contributed by atoms with van der Waals surface area (Å²) in [4.78, 5) is 16.1. The maximum atomic E-state index is 13.2. The van der Waals surface area contributed by atoms with Gasteiger partial charge >= 0.3 is 0 Å². The third kappa shape index (κ3) is 3.04. The zero-order chi connectivity index (χ0) is 14.9. The van der Waals surface area contributed by atoms with Gasteiger partial charge in [0.15, 0.2) is 11.6 Å². The number of halogens is 3. The highest BCUT2D eigenvalue weighted by Gasteiger charge is 2.12. The predicted molar refractivity (Wildman–Crippen MR) is 73.1 cm³/mol. The molecular formula is C14H13ClF2N2O. The summed E-state index contributed by atoms with van der Waals surface area (Å²) >= 11 is 5.78. The first-order valence-electron chi connectivity index (χ1n) is 6.09. The second-order valence-corrected chi connectivity index (χ2v) is 5.15. The zero-order valence-electron chi connectivity index (χ0n) is 11.0. The van der Waals surface area contributed by atoms with E-state index in [4.69, 9.17) is 11.6 Å². The molecule has 0 atom stereocenters. The molecule has 0 unspecified atom stereocenters. The monoisotopic (exact) mass is 298 g/mol. The van der Waals surface area contributed by atoms with Crippen LogP contribution < -0.4 is 5.56 Å². The van der Waals surface area contributed by atoms with Crippen LogP contribution in [0.25, 0.3) is 0 Å². The fraction of sp³-hybridized carbons (Fsp3) is 0.286. The van der Waals surface area contributed by atoms with Crippen LogP contribution >= 0.6 is 11.6 Å². The highest BCUT2D eigenvalue weighted by atomic mass is 35.5. The van der Waals surface area contributed by atoms with Gasteiger partial charge in [-0.05, 0) is 17.7 Å². The fourth-order valence-corrected chi connectivity index (χ4v) is 2.09. The molecule has 20 heavy (non-hydrogen) atoms. The van der Waals surface area contributed by atoms with Gasteiger partial charge in [-0.1, -0.05) is 31.5 Å². The van der Waals surface area contributed by atoms with Crippen molar-refractivity contribution in [3.8, 4) is 0 Å². The smallest absolute Gasteiger partial charge is 0.255 e. The lowest BCUT2D eigenvalue weighted by molar-refractivity contribution is 0.505. The van der Waals surface area contributed by atoms with Gasteiger partial charge in [0.25, 0.3) is 5.56 Å². The second-order valence-electron chi connectivity index (χ2n) is 4.76. The van der Waals surface area contributed by atoms with E-state index in [0.29, 0.717) is 11.4 Å². The van der Waals surface area contributed by atoms with E-state index >= 15 is 0 Å². The number of nitrogens with zero attached hydrogens (tertiary/aromatic N) is 2. The Hall–Kier alpha value is -1.75. The lowest BCUT2D eigenvalue weighted by atomic mass is 10.1. The number of hydrogen-bond donors (Lipinski definition) is 0. The molecule has 3 nitrogen and oxygen atoms in total. The van der Waals surface area contributed by atoms with E-state index in [-0.39, 0.29) is 23.2 Å². The third-order valence-corrected chi connectivity index (χ3v) is 3.04. The van der Waals surface area contributed by atoms with Crippen LogP contribution in [0.5, 0.6) is 0 Å². The lowest BCUT2D eigenvalue weighted by Crippen LogP contribution is -2.25. The summed E-state index contributed by atoms with van der Waals surface area (Å²) in [6.07, 6.45) is 0. The van der Waals surface area contributed by atoms with Crippen molar-refractivity contribution in [3.63, 3.8) is 0 Å². The molecule has 0 N–H and O–H groups in total. The first-order chi connectivity index (χ1) is 9.38. The van der Waals surface area contributed by atoms with Gasteiger partial charge in [0.05, 0.1) is 6.54 Å². The Kier molecular flexibility index (Phi) is 4.18. The molecule has 0 fully saturated rings. The van der Waals surface area contributed by atoms with E-state index in [1.807, 2.05) is 13.8 Å². The van der Waals surface area contributed by atoms with Crippen molar-refractivity contribution in [2.45, 2.75) is 26.3 Å². The SMILES string of the molecule is CC(C)c1nc(Cl)cc(=O)n1Cc1ccc(F)c(F)c1. The Morgan fingerprint density at radius 2 is 1.95 bits per heavy atom. The minimum atomic E-state index is -0.941. The van der Waals surface area contributed by atoms with Crippen molar-refractivity contribution < 1.29 is 8.78 Å². The molecule has 2 rings (SSSR count). The van der Waals surface area contributed by atoms with Gasteiger partial charge < -0.3 is 0 Å². The van der Waals surface area contributed by atoms with Crippen molar-refractivity contribution in [1.29, 1.82) is 0 Å². The van der Waals surface area contributed by atoms with Crippen molar-refractivity contribution in [2.75, 3.05) is 0 Å². The Morgan fingerprint density at radius 1 is 1.25 bits per heavy atom. The van der Waals surface area contributed by atoms with Crippen molar-refractivity contribution in [2.24, 2.45) is 0 Å². The number of benzene rings is 1. The standard InChI is InChI=1S/C14H13ClF2N2O/c1-8(2)14-18-12(15)6-13(20)19(14)7-9-3-4-10(16)11(17)5-9/h3-6,8H,7H2,1-2H3. The number of aromatic nitrogens is 2. The Labute approximate surface area is 119 Å². The van der Waals surface area contributed by atoms with E-state index in [9.17, 15) is 13.6 Å². The fourth-order valence-electron chi connectivity index (χ4n) is 1.92. The molecule has 1 aromatic carbocycles. The summed E-state index contributed by atoms with van der Waals surface area (Å²) in [5, 5.41) is 0.125. The Bertz CT molecular complexity index is 698. The molecule has 1 heterocycles. The normalized spacial score (nSPS) is 11.1. The molecule has 0 saturated heterocycles. The molecule has 0 aliphatic heterocycles. The third-order valence-electron chi connectivity index (χ3n) is 2.85. The first kappa shape index (κ1) is 14.7. The van der Waals surface area contributed by atoms with Crippen molar-refractivity contribution >= 4 is 11.6 Å². The summed E-state index contributed by atoms with van der Waals surface area (Å²) in [5.41, 5.74) is 0.162. The number of hydrogen-bond acceptors (Lipinski definition) is 2. The van der Waals surface area contributed by atoms with Crippen LogP contribution in [0.1, 0.15) is 31.2 Å². The average molecular weight is 299 g/mol. The van der Waals surface area contributed by atoms with E-state index in [1.165, 1.54) is 16.7 Å². The molecule has 0 aliphatic carbocycles. The van der Waals surface area contributed by atoms with Gasteiger partial charge in [0, 0.05) is 12.0 Å². The Morgan fingerprint density at radius 3 is 2.55 bits per heavy atom. The molecule has 2 aromatic rings. The largest absolute Gasteiger partial charge is 0.292 e. The molecule has 0 aliphatic rings. The van der Waals surface area contributed by atoms with Crippen LogP contribution in [0.2, 0.25) is 5.15 Å². The minimum Gasteiger partial charge on any atom is -0.292 e. The maximum absolute atomic E-state index is 13.2. The van der Waals surface area contributed by atoms with Gasteiger partial charge in [-0.3, -0.25) is 9.36 Å². The maximum Gasteiger partial charge on any atom is 0.255 e. The van der Waals surface area contributed by atoms with Gasteiger partial charge in [-0.2, -0.15) is 0 Å². The number of rotatable bonds is 3. The topological polar surface area (TPSA) is 34.9 Å². The van der Waals surface area contributed by atoms with Gasteiger partial charge in [0.2, 0.25) is 0 Å². The van der Waals surface area contributed by atoms with Crippen LogP contribution in [0.4, 0.5) is 8.78 Å². The summed E-state index contributed by atoms with van der Waals surface area (Å²) in [5.74, 6) is -1.37. The van der Waals surface area contributed by atoms with E-state index in [1.54, 1.807) is 0 Å². The highest BCUT2D eigenvalue weighted by molar-refractivity contribution is 6.29. The molecule has 0 radical (unpaired) electrons. The molecule has 0 saturated carbocycles. The van der Waals surface area contributed by atoms with Crippen molar-refractivity contribution in [3.05, 3.63) is 62.8 Å². The van der Waals surface area contributed by atoms with Crippen molar-refractivity contribution in [1.82, 2.24) is 9.55 Å². The zero-order valence-corrected chi connectivity index (χ0v) is 11.8. The second kappa shape index (κ2) is 5.71. The minimum absolute atomic E-state index is 0.0216. The lowest BCUT2D eigenvalue weighted by Gasteiger charge is -2.14. The molecule has 0 amide bonds. The van der Waals surface area contributed by atoms with Crippen LogP contribution in [0, 0.1) is 11.6 Å². The van der Waals surface area contributed by atoms with Crippen LogP contribution in [-0.2, 0) is 6.54 Å². The molecule has 1 aromatic heterocycles. The van der Waals surface area contributed by atoms with Crippen LogP contribution in [0.15, 0.2) is 29.1 Å². The quantitative estimate of drug-likeness (QED) is 0.815. The average Bonchev–Trinajstić information content (AvgIpc) is 2.36. The first-order valence-corrected chi connectivity index (χ1v) is 6.47. The van der Waals surface area contributed by atoms with Gasteiger partial charge in [-0.25, -0.2) is 13.8 Å². The van der Waals surface area contributed by atoms with Crippen LogP contribution in [0.3, 0.4) is 0 Å². The molecule has 6 heteroatoms. The Balaban J connectivity index is 2.47. The molecule has 0 bridgehead atoms. The van der Waals surface area contributed by atoms with E-state index < -0.39 is 11.6 Å². The van der Waals surface area contributed by atoms with E-state index in [2.05, 4.69) is 4.98 Å². The molecule has 0 spiro atoms. The molecule has 106 valence electrons. The summed E-state index contributed by atoms with van der Waals surface area (Å²) in [7, 11) is 0.